The fourth-order valence-corrected chi connectivity index (χ4v) is 2.29. The maximum Gasteiger partial charge on any atom is 0.257 e. The molecule has 0 spiro atoms. The van der Waals surface area contributed by atoms with Crippen LogP contribution >= 0.6 is 0 Å². The highest BCUT2D eigenvalue weighted by molar-refractivity contribution is 6.09. The molecular formula is C21H23F2N3O3. The Kier molecular flexibility index (Phi) is 8.62. The van der Waals surface area contributed by atoms with Crippen molar-refractivity contribution in [3.8, 4) is 11.5 Å². The summed E-state index contributed by atoms with van der Waals surface area (Å²) >= 11 is 0. The van der Waals surface area contributed by atoms with Crippen LogP contribution in [0, 0.1) is 5.41 Å². The zero-order valence-electron chi connectivity index (χ0n) is 16.0. The van der Waals surface area contributed by atoms with Crippen molar-refractivity contribution < 1.29 is 23.0 Å². The van der Waals surface area contributed by atoms with E-state index in [2.05, 4.69) is 10.6 Å². The lowest BCUT2D eigenvalue weighted by molar-refractivity contribution is 0.0974. The summed E-state index contributed by atoms with van der Waals surface area (Å²) in [5.74, 6) is -0.320. The normalized spacial score (nSPS) is 10.8. The smallest absolute Gasteiger partial charge is 0.257 e. The second-order valence-electron chi connectivity index (χ2n) is 6.01. The molecule has 0 bridgehead atoms. The first-order chi connectivity index (χ1) is 14.0. The minimum Gasteiger partial charge on any atom is -0.489 e. The van der Waals surface area contributed by atoms with Crippen LogP contribution in [0.1, 0.15) is 15.9 Å². The first kappa shape index (κ1) is 21.9. The lowest BCUT2D eigenvalue weighted by Crippen LogP contribution is -2.29. The molecule has 0 atom stereocenters. The largest absolute Gasteiger partial charge is 0.489 e. The lowest BCUT2D eigenvalue weighted by atomic mass is 10.1. The van der Waals surface area contributed by atoms with E-state index in [4.69, 9.17) is 14.9 Å². The number of amides is 1. The molecule has 1 amide bonds. The van der Waals surface area contributed by atoms with Gasteiger partial charge < -0.3 is 20.1 Å². The molecule has 0 aliphatic carbocycles. The number of carbonyl (C=O) groups excluding carboxylic acids is 1. The summed E-state index contributed by atoms with van der Waals surface area (Å²) in [4.78, 5) is 12.5. The Balaban J connectivity index is 2.22. The number of hydrogen-bond donors (Lipinski definition) is 3. The molecule has 0 radical (unpaired) electrons. The second kappa shape index (κ2) is 11.4. The molecule has 0 saturated heterocycles. The predicted molar refractivity (Wildman–Crippen MR) is 107 cm³/mol. The lowest BCUT2D eigenvalue weighted by Gasteiger charge is -2.15. The van der Waals surface area contributed by atoms with Crippen LogP contribution in [0.25, 0.3) is 0 Å². The maximum atomic E-state index is 12.8. The SMILES string of the molecule is CN/C=C\C(=N)NC(=O)c1cc(OCc2ccccc2)cc(OC(CF)CF)c1. The van der Waals surface area contributed by atoms with Crippen molar-refractivity contribution in [1.82, 2.24) is 10.6 Å². The Morgan fingerprint density at radius 1 is 1.14 bits per heavy atom. The molecule has 0 unspecified atom stereocenters. The van der Waals surface area contributed by atoms with E-state index in [1.54, 1.807) is 7.05 Å². The number of halogens is 2. The minimum absolute atomic E-state index is 0.0957. The molecule has 154 valence electrons. The van der Waals surface area contributed by atoms with Crippen molar-refractivity contribution in [2.24, 2.45) is 0 Å². The average Bonchev–Trinajstić information content (AvgIpc) is 2.75. The highest BCUT2D eigenvalue weighted by atomic mass is 19.1. The van der Waals surface area contributed by atoms with E-state index < -0.39 is 25.4 Å². The molecule has 3 N–H and O–H groups in total. The molecule has 2 aromatic carbocycles. The zero-order valence-corrected chi connectivity index (χ0v) is 16.0. The molecule has 0 aromatic heterocycles. The molecule has 0 saturated carbocycles. The van der Waals surface area contributed by atoms with E-state index in [1.165, 1.54) is 30.5 Å². The Hall–Kier alpha value is -3.42. The molecule has 0 aliphatic rings. The van der Waals surface area contributed by atoms with E-state index in [-0.39, 0.29) is 23.8 Å². The standard InChI is InChI=1S/C21H23F2N3O3/c1-25-8-7-20(24)26-21(27)16-9-17(28-14-15-5-3-2-4-6-15)11-18(10-16)29-19(12-22)13-23/h2-11,19,25H,12-14H2,1H3,(H2,24,26,27)/b8-7-. The van der Waals surface area contributed by atoms with Crippen LogP contribution in [0.15, 0.2) is 60.8 Å². The number of rotatable bonds is 10. The summed E-state index contributed by atoms with van der Waals surface area (Å²) in [7, 11) is 1.66. The van der Waals surface area contributed by atoms with Crippen molar-refractivity contribution in [1.29, 1.82) is 5.41 Å². The zero-order chi connectivity index (χ0) is 21.1. The summed E-state index contributed by atoms with van der Waals surface area (Å²) < 4.78 is 36.7. The third-order valence-corrected chi connectivity index (χ3v) is 3.70. The van der Waals surface area contributed by atoms with Gasteiger partial charge in [0.1, 0.15) is 37.3 Å². The van der Waals surface area contributed by atoms with Crippen LogP contribution in [-0.4, -0.2) is 38.2 Å². The van der Waals surface area contributed by atoms with Crippen LogP contribution in [0.4, 0.5) is 8.78 Å². The maximum absolute atomic E-state index is 12.8. The van der Waals surface area contributed by atoms with Gasteiger partial charge in [-0.2, -0.15) is 0 Å². The summed E-state index contributed by atoms with van der Waals surface area (Å²) in [6, 6.07) is 13.7. The fraction of sp³-hybridized carbons (Fsp3) is 0.238. The van der Waals surface area contributed by atoms with Gasteiger partial charge in [-0.15, -0.1) is 0 Å². The van der Waals surface area contributed by atoms with Crippen LogP contribution in [0.5, 0.6) is 11.5 Å². The minimum atomic E-state index is -1.27. The summed E-state index contributed by atoms with van der Waals surface area (Å²) in [6.45, 7) is -1.78. The summed E-state index contributed by atoms with van der Waals surface area (Å²) in [6.07, 6.45) is 1.59. The molecule has 2 aromatic rings. The van der Waals surface area contributed by atoms with Crippen LogP contribution in [0.2, 0.25) is 0 Å². The summed E-state index contributed by atoms with van der Waals surface area (Å²) in [5, 5.41) is 12.8. The van der Waals surface area contributed by atoms with Crippen molar-refractivity contribution in [3.63, 3.8) is 0 Å². The van der Waals surface area contributed by atoms with Crippen LogP contribution in [-0.2, 0) is 6.61 Å². The van der Waals surface area contributed by atoms with Gasteiger partial charge in [-0.1, -0.05) is 30.3 Å². The monoisotopic (exact) mass is 403 g/mol. The number of benzene rings is 2. The number of nitrogens with one attached hydrogen (secondary N) is 3. The van der Waals surface area contributed by atoms with Crippen LogP contribution < -0.4 is 20.1 Å². The van der Waals surface area contributed by atoms with Crippen molar-refractivity contribution in [2.45, 2.75) is 12.7 Å². The topological polar surface area (TPSA) is 83.4 Å². The third-order valence-electron chi connectivity index (χ3n) is 3.70. The van der Waals surface area contributed by atoms with Gasteiger partial charge >= 0.3 is 0 Å². The van der Waals surface area contributed by atoms with Crippen molar-refractivity contribution in [3.05, 3.63) is 71.9 Å². The molecule has 6 nitrogen and oxygen atoms in total. The molecule has 0 aliphatic heterocycles. The van der Waals surface area contributed by atoms with Gasteiger partial charge in [0.25, 0.3) is 5.91 Å². The average molecular weight is 403 g/mol. The van der Waals surface area contributed by atoms with E-state index in [0.29, 0.717) is 5.75 Å². The Morgan fingerprint density at radius 3 is 2.48 bits per heavy atom. The molecule has 0 fully saturated rings. The van der Waals surface area contributed by atoms with E-state index >= 15 is 0 Å². The number of alkyl halides is 2. The van der Waals surface area contributed by atoms with Gasteiger partial charge in [-0.05, 0) is 30.0 Å². The highest BCUT2D eigenvalue weighted by Crippen LogP contribution is 2.25. The third kappa shape index (κ3) is 7.25. The molecule has 8 heteroatoms. The first-order valence-corrected chi connectivity index (χ1v) is 8.89. The molecular weight excluding hydrogens is 380 g/mol. The van der Waals surface area contributed by atoms with Gasteiger partial charge in [-0.3, -0.25) is 10.2 Å². The number of amidine groups is 1. The first-order valence-electron chi connectivity index (χ1n) is 8.89. The van der Waals surface area contributed by atoms with E-state index in [0.717, 1.165) is 5.56 Å². The van der Waals surface area contributed by atoms with Gasteiger partial charge in [0.05, 0.1) is 0 Å². The predicted octanol–water partition coefficient (Wildman–Crippen LogP) is 3.39. The van der Waals surface area contributed by atoms with Gasteiger partial charge in [-0.25, -0.2) is 8.78 Å². The number of ether oxygens (including phenoxy) is 2. The second-order valence-corrected chi connectivity index (χ2v) is 6.01. The highest BCUT2D eigenvalue weighted by Gasteiger charge is 2.15. The van der Waals surface area contributed by atoms with Crippen molar-refractivity contribution in [2.75, 3.05) is 20.4 Å². The number of hydrogen-bond acceptors (Lipinski definition) is 5. The van der Waals surface area contributed by atoms with Crippen molar-refractivity contribution >= 4 is 11.7 Å². The Morgan fingerprint density at radius 2 is 1.83 bits per heavy atom. The van der Waals surface area contributed by atoms with Gasteiger partial charge in [0.15, 0.2) is 6.10 Å². The summed E-state index contributed by atoms with van der Waals surface area (Å²) in [5.41, 5.74) is 1.04. The Labute approximate surface area is 168 Å². The van der Waals surface area contributed by atoms with Gasteiger partial charge in [0.2, 0.25) is 0 Å². The Bertz CT molecular complexity index is 840. The van der Waals surface area contributed by atoms with E-state index in [1.807, 2.05) is 30.3 Å². The molecule has 0 heterocycles. The van der Waals surface area contributed by atoms with Gasteiger partial charge in [0, 0.05) is 18.7 Å². The number of carbonyl (C=O) groups is 1. The quantitative estimate of drug-likeness (QED) is 0.419. The molecule has 29 heavy (non-hydrogen) atoms. The van der Waals surface area contributed by atoms with E-state index in [9.17, 15) is 13.6 Å². The molecule has 2 rings (SSSR count). The van der Waals surface area contributed by atoms with Crippen LogP contribution in [0.3, 0.4) is 0 Å². The fourth-order valence-electron chi connectivity index (χ4n) is 2.29.